The van der Waals surface area contributed by atoms with Crippen LogP contribution in [0, 0.1) is 6.92 Å². The van der Waals surface area contributed by atoms with Crippen molar-refractivity contribution in [1.29, 1.82) is 0 Å². The molecule has 0 bridgehead atoms. The molecule has 3 N–H and O–H groups in total. The molecule has 0 saturated heterocycles. The Balaban J connectivity index is 1.77. The molecule has 0 unspecified atom stereocenters. The molecule has 0 aliphatic heterocycles. The van der Waals surface area contributed by atoms with Crippen LogP contribution in [0.15, 0.2) is 5.51 Å². The molecule has 2 rings (SSSR count). The second kappa shape index (κ2) is 5.25. The summed E-state index contributed by atoms with van der Waals surface area (Å²) in [6.45, 7) is 3.91. The number of hydrogen-bond acceptors (Lipinski definition) is 4. The maximum absolute atomic E-state index is 6.36. The Morgan fingerprint density at radius 1 is 1.44 bits per heavy atom. The number of nitrogens with two attached hydrogens (primary N) is 1. The fourth-order valence-corrected chi connectivity index (χ4v) is 3.10. The van der Waals surface area contributed by atoms with E-state index >= 15 is 0 Å². The second-order valence-electron chi connectivity index (χ2n) is 4.89. The van der Waals surface area contributed by atoms with E-state index in [1.807, 2.05) is 5.51 Å². The maximum Gasteiger partial charge on any atom is 0.0798 e. The highest BCUT2D eigenvalue weighted by Gasteiger charge is 2.26. The first-order valence-corrected chi connectivity index (χ1v) is 6.96. The lowest BCUT2D eigenvalue weighted by Crippen LogP contribution is -2.49. The van der Waals surface area contributed by atoms with E-state index in [4.69, 9.17) is 5.73 Å². The Bertz CT molecular complexity index is 329. The molecule has 1 fully saturated rings. The zero-order chi connectivity index (χ0) is 11.4. The summed E-state index contributed by atoms with van der Waals surface area (Å²) in [5.41, 5.74) is 9.45. The summed E-state index contributed by atoms with van der Waals surface area (Å²) in [5.74, 6) is 0. The van der Waals surface area contributed by atoms with Crippen LogP contribution in [0.2, 0.25) is 0 Å². The monoisotopic (exact) mass is 239 g/mol. The van der Waals surface area contributed by atoms with Crippen molar-refractivity contribution in [3.63, 3.8) is 0 Å². The molecule has 4 heteroatoms. The van der Waals surface area contributed by atoms with Crippen molar-refractivity contribution in [2.75, 3.05) is 6.54 Å². The first kappa shape index (κ1) is 12.0. The van der Waals surface area contributed by atoms with E-state index < -0.39 is 0 Å². The Kier molecular flexibility index (Phi) is 3.95. The molecule has 1 saturated carbocycles. The Hall–Kier alpha value is -0.450. The number of aryl methyl sites for hydroxylation is 1. The molecular formula is C12H21N3S. The molecule has 1 heterocycles. The van der Waals surface area contributed by atoms with Gasteiger partial charge in [-0.3, -0.25) is 0 Å². The van der Waals surface area contributed by atoms with Crippen LogP contribution in [0.5, 0.6) is 0 Å². The van der Waals surface area contributed by atoms with Crippen molar-refractivity contribution < 1.29 is 0 Å². The average Bonchev–Trinajstić information content (AvgIpc) is 2.65. The minimum absolute atomic E-state index is 0.0385. The van der Waals surface area contributed by atoms with Crippen molar-refractivity contribution in [1.82, 2.24) is 10.3 Å². The van der Waals surface area contributed by atoms with Gasteiger partial charge in [-0.1, -0.05) is 19.3 Å². The summed E-state index contributed by atoms with van der Waals surface area (Å²) in [5, 5.41) is 3.48. The van der Waals surface area contributed by atoms with Crippen LogP contribution in [0.3, 0.4) is 0 Å². The minimum Gasteiger partial charge on any atom is -0.324 e. The summed E-state index contributed by atoms with van der Waals surface area (Å²) in [4.78, 5) is 5.58. The van der Waals surface area contributed by atoms with Crippen LogP contribution in [-0.2, 0) is 6.54 Å². The third kappa shape index (κ3) is 3.03. The molecule has 1 aliphatic rings. The lowest BCUT2D eigenvalue weighted by atomic mass is 9.82. The van der Waals surface area contributed by atoms with E-state index in [9.17, 15) is 0 Å². The molecule has 1 aliphatic carbocycles. The predicted molar refractivity (Wildman–Crippen MR) is 68.6 cm³/mol. The summed E-state index contributed by atoms with van der Waals surface area (Å²) < 4.78 is 0. The van der Waals surface area contributed by atoms with Crippen molar-refractivity contribution in [3.05, 3.63) is 16.1 Å². The van der Waals surface area contributed by atoms with Crippen molar-refractivity contribution in [2.45, 2.75) is 51.1 Å². The van der Waals surface area contributed by atoms with Crippen LogP contribution >= 0.6 is 11.3 Å². The van der Waals surface area contributed by atoms with Gasteiger partial charge in [0.2, 0.25) is 0 Å². The number of aromatic nitrogens is 1. The van der Waals surface area contributed by atoms with Crippen molar-refractivity contribution in [3.8, 4) is 0 Å². The minimum atomic E-state index is 0.0385. The lowest BCUT2D eigenvalue weighted by molar-refractivity contribution is 0.283. The molecule has 0 amide bonds. The highest BCUT2D eigenvalue weighted by atomic mass is 32.1. The highest BCUT2D eigenvalue weighted by molar-refractivity contribution is 7.09. The molecule has 1 aromatic rings. The van der Waals surface area contributed by atoms with Crippen LogP contribution < -0.4 is 11.1 Å². The van der Waals surface area contributed by atoms with Crippen molar-refractivity contribution in [2.24, 2.45) is 5.73 Å². The van der Waals surface area contributed by atoms with Gasteiger partial charge in [0, 0.05) is 23.5 Å². The van der Waals surface area contributed by atoms with E-state index in [2.05, 4.69) is 17.2 Å². The fraction of sp³-hybridized carbons (Fsp3) is 0.750. The van der Waals surface area contributed by atoms with Gasteiger partial charge >= 0.3 is 0 Å². The Morgan fingerprint density at radius 3 is 2.81 bits per heavy atom. The normalized spacial score (nSPS) is 19.9. The number of thiazole rings is 1. The lowest BCUT2D eigenvalue weighted by Gasteiger charge is -2.33. The molecule has 16 heavy (non-hydrogen) atoms. The smallest absolute Gasteiger partial charge is 0.0798 e. The number of hydrogen-bond donors (Lipinski definition) is 2. The largest absolute Gasteiger partial charge is 0.324 e. The summed E-state index contributed by atoms with van der Waals surface area (Å²) in [6.07, 6.45) is 6.27. The molecule has 1 aromatic heterocycles. The fourth-order valence-electron chi connectivity index (χ4n) is 2.35. The van der Waals surface area contributed by atoms with Gasteiger partial charge in [0.15, 0.2) is 0 Å². The van der Waals surface area contributed by atoms with Crippen molar-refractivity contribution >= 4 is 11.3 Å². The molecule has 0 atom stereocenters. The maximum atomic E-state index is 6.36. The molecule has 0 aromatic carbocycles. The van der Waals surface area contributed by atoms with E-state index in [1.165, 1.54) is 37.0 Å². The van der Waals surface area contributed by atoms with Crippen LogP contribution in [0.4, 0.5) is 0 Å². The summed E-state index contributed by atoms with van der Waals surface area (Å²) in [7, 11) is 0. The third-order valence-corrected chi connectivity index (χ3v) is 4.39. The van der Waals surface area contributed by atoms with Gasteiger partial charge in [-0.05, 0) is 19.8 Å². The highest BCUT2D eigenvalue weighted by Crippen LogP contribution is 2.25. The van der Waals surface area contributed by atoms with Crippen LogP contribution in [0.1, 0.15) is 42.7 Å². The third-order valence-electron chi connectivity index (χ3n) is 3.46. The number of nitrogens with one attached hydrogen (secondary N) is 1. The van der Waals surface area contributed by atoms with Gasteiger partial charge in [-0.25, -0.2) is 4.98 Å². The average molecular weight is 239 g/mol. The predicted octanol–water partition coefficient (Wildman–Crippen LogP) is 2.20. The van der Waals surface area contributed by atoms with Gasteiger partial charge in [0.1, 0.15) is 0 Å². The SMILES string of the molecule is Cc1ncsc1CNCC1(N)CCCCC1. The topological polar surface area (TPSA) is 50.9 Å². The van der Waals surface area contributed by atoms with Crippen LogP contribution in [0.25, 0.3) is 0 Å². The van der Waals surface area contributed by atoms with Crippen LogP contribution in [-0.4, -0.2) is 17.1 Å². The standard InChI is InChI=1S/C12H21N3S/c1-10-11(16-9-15-10)7-14-8-12(13)5-3-2-4-6-12/h9,14H,2-8,13H2,1H3. The van der Waals surface area contributed by atoms with Gasteiger partial charge in [0.05, 0.1) is 11.2 Å². The van der Waals surface area contributed by atoms with E-state index in [-0.39, 0.29) is 5.54 Å². The number of nitrogens with zero attached hydrogens (tertiary/aromatic N) is 1. The Morgan fingerprint density at radius 2 is 2.19 bits per heavy atom. The van der Waals surface area contributed by atoms with E-state index in [0.717, 1.165) is 18.8 Å². The first-order valence-electron chi connectivity index (χ1n) is 6.08. The number of rotatable bonds is 4. The van der Waals surface area contributed by atoms with Gasteiger partial charge in [-0.15, -0.1) is 11.3 Å². The molecule has 0 radical (unpaired) electrons. The summed E-state index contributed by atoms with van der Waals surface area (Å²) in [6, 6.07) is 0. The molecule has 3 nitrogen and oxygen atoms in total. The second-order valence-corrected chi connectivity index (χ2v) is 5.83. The zero-order valence-corrected chi connectivity index (χ0v) is 10.8. The molecular weight excluding hydrogens is 218 g/mol. The zero-order valence-electron chi connectivity index (χ0n) is 9.96. The quantitative estimate of drug-likeness (QED) is 0.847. The van der Waals surface area contributed by atoms with Gasteiger partial charge in [0.25, 0.3) is 0 Å². The van der Waals surface area contributed by atoms with Gasteiger partial charge < -0.3 is 11.1 Å². The first-order chi connectivity index (χ1) is 7.70. The van der Waals surface area contributed by atoms with E-state index in [1.54, 1.807) is 11.3 Å². The molecule has 90 valence electrons. The Labute approximate surface area is 101 Å². The van der Waals surface area contributed by atoms with E-state index in [0.29, 0.717) is 0 Å². The molecule has 0 spiro atoms. The summed E-state index contributed by atoms with van der Waals surface area (Å²) >= 11 is 1.72. The van der Waals surface area contributed by atoms with Gasteiger partial charge in [-0.2, -0.15) is 0 Å².